The number of primary amides is 1. The number of carbonyl (C=O) groups is 10. The molecule has 326 valence electrons. The van der Waals surface area contributed by atoms with Crippen LogP contribution < -0.4 is 38.1 Å². The van der Waals surface area contributed by atoms with Crippen LogP contribution in [0, 0.1) is 5.92 Å². The summed E-state index contributed by atoms with van der Waals surface area (Å²) in [5.41, 5.74) is 11.0. The van der Waals surface area contributed by atoms with Crippen molar-refractivity contribution in [2.45, 2.75) is 121 Å². The molecular weight excluding hydrogens is 787 g/mol. The number of nitrogens with zero attached hydrogens (tertiary/aromatic N) is 2. The van der Waals surface area contributed by atoms with Gasteiger partial charge in [-0.05, 0) is 63.4 Å². The Morgan fingerprint density at radius 2 is 1.29 bits per heavy atom. The van der Waals surface area contributed by atoms with E-state index >= 15 is 0 Å². The van der Waals surface area contributed by atoms with Crippen LogP contribution in [0.2, 0.25) is 0 Å². The van der Waals surface area contributed by atoms with Crippen molar-refractivity contribution in [3.8, 4) is 0 Å². The smallest absolute Gasteiger partial charge is 0.322 e. The number of thioether (sulfide) groups is 1. The lowest BCUT2D eigenvalue weighted by atomic mass is 10.0. The molecule has 2 aliphatic heterocycles. The molecule has 23 heteroatoms. The molecule has 2 fully saturated rings. The SMILES string of the molecule is CSCC[C@H](NC(=O)[C@@H](N)CCC(N)=O)C(=O)N[C@H](C(=O)N1CCC[C@H]1C(=O)N[C@H](C(=O)N[C@@H](CC(=O)O)C(=O)N1CCC[C@H]1C(=O)NCC(=O)O)C(C)C)[C@@H](C)O. The fraction of sp³-hybridized carbons (Fsp3) is 0.714. The average Bonchev–Trinajstić information content (AvgIpc) is 3.85. The molecule has 12 N–H and O–H groups in total. The fourth-order valence-electron chi connectivity index (χ4n) is 6.54. The van der Waals surface area contributed by atoms with Crippen molar-refractivity contribution >= 4 is 71.0 Å². The van der Waals surface area contributed by atoms with Crippen LogP contribution in [0.25, 0.3) is 0 Å². The number of likely N-dealkylation sites (tertiary alicyclic amines) is 2. The Kier molecular flexibility index (Phi) is 19.8. The first-order valence-electron chi connectivity index (χ1n) is 18.9. The van der Waals surface area contributed by atoms with Crippen LogP contribution in [-0.4, -0.2) is 164 Å². The number of nitrogens with one attached hydrogen (secondary N) is 5. The number of amides is 8. The van der Waals surface area contributed by atoms with E-state index in [1.165, 1.54) is 18.7 Å². The lowest BCUT2D eigenvalue weighted by Crippen LogP contribution is -2.62. The quantitative estimate of drug-likeness (QED) is 0.0468. The summed E-state index contributed by atoms with van der Waals surface area (Å²) in [7, 11) is 0. The molecule has 8 amide bonds. The number of carboxylic acids is 2. The summed E-state index contributed by atoms with van der Waals surface area (Å²) in [5, 5.41) is 41.3. The largest absolute Gasteiger partial charge is 0.481 e. The van der Waals surface area contributed by atoms with Gasteiger partial charge in [0.2, 0.25) is 47.3 Å². The summed E-state index contributed by atoms with van der Waals surface area (Å²) < 4.78 is 0. The first-order valence-corrected chi connectivity index (χ1v) is 20.3. The molecule has 2 saturated heterocycles. The van der Waals surface area contributed by atoms with Gasteiger partial charge in [0.25, 0.3) is 0 Å². The highest BCUT2D eigenvalue weighted by Crippen LogP contribution is 2.22. The molecule has 0 bridgehead atoms. The molecule has 2 aliphatic rings. The van der Waals surface area contributed by atoms with Gasteiger partial charge in [-0.15, -0.1) is 0 Å². The van der Waals surface area contributed by atoms with Gasteiger partial charge in [0, 0.05) is 19.5 Å². The predicted octanol–water partition coefficient (Wildman–Crippen LogP) is -4.03. The van der Waals surface area contributed by atoms with Crippen molar-refractivity contribution in [3.63, 3.8) is 0 Å². The summed E-state index contributed by atoms with van der Waals surface area (Å²) in [5.74, 6) is -9.35. The second kappa shape index (κ2) is 23.4. The molecule has 0 aromatic heterocycles. The number of aliphatic hydroxyl groups excluding tert-OH is 1. The second-order valence-corrected chi connectivity index (χ2v) is 15.5. The molecule has 8 atom stereocenters. The van der Waals surface area contributed by atoms with E-state index in [0.29, 0.717) is 18.6 Å². The molecule has 0 aromatic rings. The molecule has 0 unspecified atom stereocenters. The minimum Gasteiger partial charge on any atom is -0.481 e. The van der Waals surface area contributed by atoms with E-state index in [9.17, 15) is 58.2 Å². The van der Waals surface area contributed by atoms with Gasteiger partial charge in [-0.25, -0.2) is 0 Å². The molecule has 0 radical (unpaired) electrons. The monoisotopic (exact) mass is 843 g/mol. The zero-order chi connectivity index (χ0) is 43.9. The first-order chi connectivity index (χ1) is 27.2. The minimum absolute atomic E-state index is 0.0411. The Morgan fingerprint density at radius 3 is 1.81 bits per heavy atom. The summed E-state index contributed by atoms with van der Waals surface area (Å²) in [6.07, 6.45) is 0.340. The van der Waals surface area contributed by atoms with Crippen molar-refractivity contribution in [3.05, 3.63) is 0 Å². The van der Waals surface area contributed by atoms with Gasteiger partial charge in [-0.1, -0.05) is 13.8 Å². The molecule has 0 saturated carbocycles. The second-order valence-electron chi connectivity index (χ2n) is 14.6. The Labute approximate surface area is 339 Å². The average molecular weight is 844 g/mol. The maximum atomic E-state index is 13.9. The Balaban J connectivity index is 2.22. The summed E-state index contributed by atoms with van der Waals surface area (Å²) in [6.45, 7) is 3.80. The number of hydrogen-bond acceptors (Lipinski definition) is 13. The third-order valence-electron chi connectivity index (χ3n) is 9.66. The number of aliphatic carboxylic acids is 2. The van der Waals surface area contributed by atoms with Gasteiger partial charge in [0.15, 0.2) is 0 Å². The summed E-state index contributed by atoms with van der Waals surface area (Å²) >= 11 is 1.38. The van der Waals surface area contributed by atoms with Gasteiger partial charge < -0.3 is 63.2 Å². The topological polar surface area (TPSA) is 350 Å². The maximum Gasteiger partial charge on any atom is 0.322 e. The number of rotatable bonds is 23. The van der Waals surface area contributed by atoms with Crippen LogP contribution in [0.3, 0.4) is 0 Å². The Hall–Kier alpha value is -5.03. The van der Waals surface area contributed by atoms with Crippen molar-refractivity contribution in [2.24, 2.45) is 17.4 Å². The van der Waals surface area contributed by atoms with E-state index in [-0.39, 0.29) is 45.2 Å². The Bertz CT molecular complexity index is 1550. The van der Waals surface area contributed by atoms with E-state index in [4.69, 9.17) is 16.6 Å². The van der Waals surface area contributed by atoms with Crippen molar-refractivity contribution in [1.82, 2.24) is 36.4 Å². The highest BCUT2D eigenvalue weighted by molar-refractivity contribution is 7.98. The van der Waals surface area contributed by atoms with Crippen LogP contribution >= 0.6 is 11.8 Å². The summed E-state index contributed by atoms with van der Waals surface area (Å²) in [4.78, 5) is 130. The van der Waals surface area contributed by atoms with Crippen molar-refractivity contribution in [1.29, 1.82) is 0 Å². The lowest BCUT2D eigenvalue weighted by Gasteiger charge is -2.32. The van der Waals surface area contributed by atoms with Crippen molar-refractivity contribution < 1.29 is 63.3 Å². The lowest BCUT2D eigenvalue weighted by molar-refractivity contribution is -0.147. The minimum atomic E-state index is -1.66. The maximum absolute atomic E-state index is 13.9. The molecule has 2 heterocycles. The summed E-state index contributed by atoms with van der Waals surface area (Å²) in [6, 6.07) is -9.17. The molecule has 22 nitrogen and oxygen atoms in total. The zero-order valence-corrected chi connectivity index (χ0v) is 33.9. The van der Waals surface area contributed by atoms with E-state index in [0.717, 1.165) is 9.80 Å². The van der Waals surface area contributed by atoms with Gasteiger partial charge in [0.05, 0.1) is 18.6 Å². The van der Waals surface area contributed by atoms with E-state index in [1.807, 2.05) is 0 Å². The van der Waals surface area contributed by atoms with Crippen LogP contribution in [0.4, 0.5) is 0 Å². The van der Waals surface area contributed by atoms with Gasteiger partial charge >= 0.3 is 11.9 Å². The van der Waals surface area contributed by atoms with Crippen LogP contribution in [0.15, 0.2) is 0 Å². The Morgan fingerprint density at radius 1 is 0.724 bits per heavy atom. The van der Waals surface area contributed by atoms with E-state index in [2.05, 4.69) is 26.6 Å². The fourth-order valence-corrected chi connectivity index (χ4v) is 7.01. The number of nitrogens with two attached hydrogens (primary N) is 2. The number of carboxylic acid groups (broad SMARTS) is 2. The van der Waals surface area contributed by atoms with Crippen LogP contribution in [-0.2, 0) is 47.9 Å². The van der Waals surface area contributed by atoms with Crippen LogP contribution in [0.1, 0.15) is 72.1 Å². The van der Waals surface area contributed by atoms with Crippen LogP contribution in [0.5, 0.6) is 0 Å². The molecular formula is C35H57N9O13S. The molecule has 58 heavy (non-hydrogen) atoms. The number of hydrogen-bond donors (Lipinski definition) is 10. The molecule has 0 aromatic carbocycles. The van der Waals surface area contributed by atoms with Gasteiger partial charge in [-0.3, -0.25) is 47.9 Å². The standard InChI is InChI=1S/C35H57N9O13S/c1-17(2)27(33(55)40-21(15-25(47)48)34(56)43-12-5-7-22(43)31(53)38-16-26(49)50)41-32(54)23-8-6-13-44(23)35(57)28(18(3)45)42-30(52)20(11-14-58-4)39-29(51)19(36)9-10-24(37)46/h17-23,27-28,45H,5-16,36H2,1-4H3,(H2,37,46)(H,38,53)(H,39,51)(H,40,55)(H,41,54)(H,42,52)(H,47,48)(H,49,50)/t18-,19+,20+,21+,22+,23+,27+,28+/m1/s1. The highest BCUT2D eigenvalue weighted by atomic mass is 32.2. The first kappa shape index (κ1) is 49.1. The zero-order valence-electron chi connectivity index (χ0n) is 33.1. The third-order valence-corrected chi connectivity index (χ3v) is 10.3. The molecule has 0 spiro atoms. The number of aliphatic hydroxyl groups is 1. The normalized spacial score (nSPS) is 19.5. The van der Waals surface area contributed by atoms with Crippen molar-refractivity contribution in [2.75, 3.05) is 31.6 Å². The molecule has 0 aliphatic carbocycles. The van der Waals surface area contributed by atoms with E-state index < -0.39 is 126 Å². The molecule has 2 rings (SSSR count). The van der Waals surface area contributed by atoms with E-state index in [1.54, 1.807) is 20.1 Å². The highest BCUT2D eigenvalue weighted by Gasteiger charge is 2.43. The predicted molar refractivity (Wildman–Crippen MR) is 206 cm³/mol. The van der Waals surface area contributed by atoms with Gasteiger partial charge in [0.1, 0.15) is 42.8 Å². The number of carbonyl (C=O) groups excluding carboxylic acids is 8. The third kappa shape index (κ3) is 14.7. The van der Waals surface area contributed by atoms with Gasteiger partial charge in [-0.2, -0.15) is 11.8 Å².